The molecule has 5 nitrogen and oxygen atoms in total. The number of hydrogen-bond donors (Lipinski definition) is 2. The number of aryl methyl sites for hydroxylation is 1. The number of urea groups is 1. The maximum Gasteiger partial charge on any atom is 0.317 e. The van der Waals surface area contributed by atoms with E-state index in [2.05, 4.69) is 10.6 Å². The zero-order chi connectivity index (χ0) is 18.0. The Hall–Kier alpha value is -2.11. The van der Waals surface area contributed by atoms with Crippen molar-refractivity contribution < 1.29 is 14.0 Å². The van der Waals surface area contributed by atoms with Gasteiger partial charge in [0.25, 0.3) is 0 Å². The van der Waals surface area contributed by atoms with Crippen LogP contribution in [0.4, 0.5) is 9.18 Å². The standard InChI is InChI=1S/C19H26FN3O2/c1-3-21-19(25)23-10-14(13-4-7-17(20)12(2)8-13)9-15(11-23)18(24)22-16-5-6-16/h4,7-8,14-16H,3,5-6,9-11H2,1-2H3,(H,21,25)(H,22,24)/t14-,15-/m1/s1. The van der Waals surface area contributed by atoms with Gasteiger partial charge in [-0.05, 0) is 50.3 Å². The summed E-state index contributed by atoms with van der Waals surface area (Å²) in [6.45, 7) is 5.14. The number of nitrogens with one attached hydrogen (secondary N) is 2. The van der Waals surface area contributed by atoms with E-state index in [0.717, 1.165) is 18.4 Å². The average molecular weight is 347 g/mol. The zero-order valence-electron chi connectivity index (χ0n) is 14.8. The molecular weight excluding hydrogens is 321 g/mol. The van der Waals surface area contributed by atoms with Crippen molar-refractivity contribution in [2.75, 3.05) is 19.6 Å². The predicted octanol–water partition coefficient (Wildman–Crippen LogP) is 2.55. The quantitative estimate of drug-likeness (QED) is 0.879. The molecule has 6 heteroatoms. The van der Waals surface area contributed by atoms with Crippen LogP contribution in [0.15, 0.2) is 18.2 Å². The minimum Gasteiger partial charge on any atom is -0.353 e. The van der Waals surface area contributed by atoms with Gasteiger partial charge in [-0.25, -0.2) is 9.18 Å². The van der Waals surface area contributed by atoms with Crippen molar-refractivity contribution in [2.45, 2.75) is 45.1 Å². The molecule has 0 aromatic heterocycles. The second kappa shape index (κ2) is 7.42. The number of halogens is 1. The Morgan fingerprint density at radius 3 is 2.68 bits per heavy atom. The summed E-state index contributed by atoms with van der Waals surface area (Å²) in [5.41, 5.74) is 1.57. The third kappa shape index (κ3) is 4.30. The van der Waals surface area contributed by atoms with Crippen molar-refractivity contribution in [3.05, 3.63) is 35.1 Å². The molecule has 1 aromatic carbocycles. The summed E-state index contributed by atoms with van der Waals surface area (Å²) in [4.78, 5) is 26.6. The van der Waals surface area contributed by atoms with Crippen molar-refractivity contribution in [3.8, 4) is 0 Å². The smallest absolute Gasteiger partial charge is 0.317 e. The number of carbonyl (C=O) groups is 2. The lowest BCUT2D eigenvalue weighted by molar-refractivity contribution is -0.126. The molecule has 25 heavy (non-hydrogen) atoms. The van der Waals surface area contributed by atoms with E-state index >= 15 is 0 Å². The predicted molar refractivity (Wildman–Crippen MR) is 93.8 cm³/mol. The van der Waals surface area contributed by atoms with E-state index in [9.17, 15) is 14.0 Å². The number of benzene rings is 1. The number of rotatable bonds is 4. The maximum absolute atomic E-state index is 13.6. The van der Waals surface area contributed by atoms with E-state index in [1.165, 1.54) is 6.07 Å². The molecule has 3 amide bonds. The average Bonchev–Trinajstić information content (AvgIpc) is 3.41. The summed E-state index contributed by atoms with van der Waals surface area (Å²) in [5, 5.41) is 5.87. The zero-order valence-corrected chi connectivity index (χ0v) is 14.8. The monoisotopic (exact) mass is 347 g/mol. The van der Waals surface area contributed by atoms with Gasteiger partial charge in [0.05, 0.1) is 5.92 Å². The van der Waals surface area contributed by atoms with Gasteiger partial charge in [0.2, 0.25) is 5.91 Å². The molecule has 1 aliphatic heterocycles. The van der Waals surface area contributed by atoms with Crippen molar-refractivity contribution in [1.82, 2.24) is 15.5 Å². The van der Waals surface area contributed by atoms with Gasteiger partial charge >= 0.3 is 6.03 Å². The van der Waals surface area contributed by atoms with Crippen LogP contribution in [-0.2, 0) is 4.79 Å². The molecule has 2 fully saturated rings. The molecule has 136 valence electrons. The largest absolute Gasteiger partial charge is 0.353 e. The topological polar surface area (TPSA) is 61.4 Å². The first kappa shape index (κ1) is 17.7. The normalized spacial score (nSPS) is 23.2. The fourth-order valence-electron chi connectivity index (χ4n) is 3.43. The minimum absolute atomic E-state index is 0.0281. The second-order valence-electron chi connectivity index (χ2n) is 7.16. The van der Waals surface area contributed by atoms with Crippen LogP contribution in [0.25, 0.3) is 0 Å². The summed E-state index contributed by atoms with van der Waals surface area (Å²) in [7, 11) is 0. The maximum atomic E-state index is 13.6. The van der Waals surface area contributed by atoms with Crippen LogP contribution in [0.1, 0.15) is 43.2 Å². The SMILES string of the molecule is CCNC(=O)N1C[C@H](C(=O)NC2CC2)C[C@@H](c2ccc(F)c(C)c2)C1. The molecule has 2 N–H and O–H groups in total. The molecule has 1 aliphatic carbocycles. The summed E-state index contributed by atoms with van der Waals surface area (Å²) in [5.74, 6) is -0.401. The Kier molecular flexibility index (Phi) is 5.25. The number of likely N-dealkylation sites (tertiary alicyclic amines) is 1. The minimum atomic E-state index is -0.233. The van der Waals surface area contributed by atoms with E-state index < -0.39 is 0 Å². The number of nitrogens with zero attached hydrogens (tertiary/aromatic N) is 1. The third-order valence-electron chi connectivity index (χ3n) is 5.01. The Bertz CT molecular complexity index is 660. The van der Waals surface area contributed by atoms with Crippen molar-refractivity contribution in [2.24, 2.45) is 5.92 Å². The van der Waals surface area contributed by atoms with Crippen LogP contribution in [0.2, 0.25) is 0 Å². The van der Waals surface area contributed by atoms with E-state index in [4.69, 9.17) is 0 Å². The second-order valence-corrected chi connectivity index (χ2v) is 7.16. The highest BCUT2D eigenvalue weighted by Gasteiger charge is 2.36. The first-order valence-electron chi connectivity index (χ1n) is 9.07. The summed E-state index contributed by atoms with van der Waals surface area (Å²) in [6.07, 6.45) is 2.76. The van der Waals surface area contributed by atoms with E-state index in [1.807, 2.05) is 13.0 Å². The summed E-state index contributed by atoms with van der Waals surface area (Å²) in [6, 6.07) is 5.23. The molecule has 0 spiro atoms. The first-order valence-corrected chi connectivity index (χ1v) is 9.07. The van der Waals surface area contributed by atoms with E-state index in [0.29, 0.717) is 37.7 Å². The Morgan fingerprint density at radius 1 is 1.28 bits per heavy atom. The van der Waals surface area contributed by atoms with Gasteiger partial charge < -0.3 is 15.5 Å². The third-order valence-corrected chi connectivity index (χ3v) is 5.01. The molecule has 1 saturated carbocycles. The van der Waals surface area contributed by atoms with Crippen LogP contribution < -0.4 is 10.6 Å². The number of hydrogen-bond acceptors (Lipinski definition) is 2. The first-order chi connectivity index (χ1) is 12.0. The van der Waals surface area contributed by atoms with E-state index in [1.54, 1.807) is 17.9 Å². The van der Waals surface area contributed by atoms with Gasteiger partial charge in [0.1, 0.15) is 5.82 Å². The van der Waals surface area contributed by atoms with Crippen LogP contribution >= 0.6 is 0 Å². The number of carbonyl (C=O) groups excluding carboxylic acids is 2. The van der Waals surface area contributed by atoms with Gasteiger partial charge in [-0.1, -0.05) is 12.1 Å². The number of amides is 3. The molecule has 1 heterocycles. The van der Waals surface area contributed by atoms with Gasteiger partial charge in [0.15, 0.2) is 0 Å². The number of piperidine rings is 1. The molecule has 1 aromatic rings. The van der Waals surface area contributed by atoms with Gasteiger partial charge in [-0.2, -0.15) is 0 Å². The molecule has 0 unspecified atom stereocenters. The van der Waals surface area contributed by atoms with Crippen molar-refractivity contribution >= 4 is 11.9 Å². The van der Waals surface area contributed by atoms with Gasteiger partial charge in [-0.15, -0.1) is 0 Å². The Labute approximate surface area is 148 Å². The molecule has 0 radical (unpaired) electrons. The van der Waals surface area contributed by atoms with Crippen LogP contribution in [-0.4, -0.2) is 42.5 Å². The van der Waals surface area contributed by atoms with Gasteiger partial charge in [0, 0.05) is 31.6 Å². The Balaban J connectivity index is 1.78. The van der Waals surface area contributed by atoms with Gasteiger partial charge in [-0.3, -0.25) is 4.79 Å². The fourth-order valence-corrected chi connectivity index (χ4v) is 3.43. The lowest BCUT2D eigenvalue weighted by Gasteiger charge is -2.37. The van der Waals surface area contributed by atoms with Crippen LogP contribution in [0.5, 0.6) is 0 Å². The van der Waals surface area contributed by atoms with Crippen molar-refractivity contribution in [1.29, 1.82) is 0 Å². The lowest BCUT2D eigenvalue weighted by atomic mass is 9.83. The molecule has 0 bridgehead atoms. The highest BCUT2D eigenvalue weighted by Crippen LogP contribution is 2.32. The molecular formula is C19H26FN3O2. The molecule has 2 aliphatic rings. The molecule has 1 saturated heterocycles. The highest BCUT2D eigenvalue weighted by atomic mass is 19.1. The fraction of sp³-hybridized carbons (Fsp3) is 0.579. The summed E-state index contributed by atoms with van der Waals surface area (Å²) < 4.78 is 13.6. The highest BCUT2D eigenvalue weighted by molar-refractivity contribution is 5.81. The molecule has 2 atom stereocenters. The van der Waals surface area contributed by atoms with E-state index in [-0.39, 0.29) is 29.6 Å². The summed E-state index contributed by atoms with van der Waals surface area (Å²) >= 11 is 0. The van der Waals surface area contributed by atoms with Crippen molar-refractivity contribution in [3.63, 3.8) is 0 Å². The van der Waals surface area contributed by atoms with Crippen LogP contribution in [0.3, 0.4) is 0 Å². The lowest BCUT2D eigenvalue weighted by Crippen LogP contribution is -2.51. The molecule has 3 rings (SSSR count). The van der Waals surface area contributed by atoms with Crippen LogP contribution in [0, 0.1) is 18.7 Å². The Morgan fingerprint density at radius 2 is 2.04 bits per heavy atom.